The normalized spacial score (nSPS) is 10.1. The summed E-state index contributed by atoms with van der Waals surface area (Å²) in [5, 5.41) is 2.59. The zero-order valence-electron chi connectivity index (χ0n) is 6.51. The molecule has 0 unspecified atom stereocenters. The molecule has 0 aliphatic carbocycles. The second-order valence-electron chi connectivity index (χ2n) is 2.13. The van der Waals surface area contributed by atoms with Gasteiger partial charge in [-0.3, -0.25) is 4.79 Å². The summed E-state index contributed by atoms with van der Waals surface area (Å²) in [4.78, 5) is 15.2. The third-order valence-corrected chi connectivity index (χ3v) is 3.01. The van der Waals surface area contributed by atoms with Gasteiger partial charge in [-0.15, -0.1) is 0 Å². The van der Waals surface area contributed by atoms with Crippen molar-refractivity contribution in [3.63, 3.8) is 0 Å². The molecule has 72 valence electrons. The van der Waals surface area contributed by atoms with Crippen LogP contribution in [0.25, 0.3) is 0 Å². The van der Waals surface area contributed by atoms with E-state index in [4.69, 9.17) is 17.3 Å². The number of thiazole rings is 1. The Bertz CT molecular complexity index is 317. The van der Waals surface area contributed by atoms with Crippen LogP contribution in [0.4, 0.5) is 0 Å². The average molecular weight is 285 g/mol. The Hall–Kier alpha value is -0.170. The van der Waals surface area contributed by atoms with Crippen molar-refractivity contribution in [1.29, 1.82) is 0 Å². The third kappa shape index (κ3) is 2.91. The number of hydrogen-bond acceptors (Lipinski definition) is 4. The summed E-state index contributed by atoms with van der Waals surface area (Å²) in [6, 6.07) is 0. The van der Waals surface area contributed by atoms with E-state index in [1.165, 1.54) is 11.3 Å². The maximum absolute atomic E-state index is 11.3. The van der Waals surface area contributed by atoms with Crippen molar-refractivity contribution in [2.24, 2.45) is 5.73 Å². The van der Waals surface area contributed by atoms with Gasteiger partial charge in [0.15, 0.2) is 10.2 Å². The Morgan fingerprint density at radius 1 is 1.77 bits per heavy atom. The molecule has 0 aliphatic heterocycles. The summed E-state index contributed by atoms with van der Waals surface area (Å²) >= 11 is 10.0. The fourth-order valence-electron chi connectivity index (χ4n) is 0.686. The smallest absolute Gasteiger partial charge is 0.272 e. The van der Waals surface area contributed by atoms with Crippen LogP contribution in [0.5, 0.6) is 0 Å². The van der Waals surface area contributed by atoms with E-state index < -0.39 is 0 Å². The number of aromatic nitrogens is 1. The van der Waals surface area contributed by atoms with E-state index in [2.05, 4.69) is 26.2 Å². The molecule has 0 saturated heterocycles. The largest absolute Gasteiger partial charge is 0.349 e. The van der Waals surface area contributed by atoms with Gasteiger partial charge in [-0.2, -0.15) is 0 Å². The van der Waals surface area contributed by atoms with Gasteiger partial charge >= 0.3 is 0 Å². The molecule has 1 amide bonds. The lowest BCUT2D eigenvalue weighted by atomic mass is 10.4. The molecule has 0 saturated carbocycles. The van der Waals surface area contributed by atoms with Gasteiger partial charge in [0.1, 0.15) is 3.79 Å². The number of amides is 1. The van der Waals surface area contributed by atoms with Crippen LogP contribution in [0.2, 0.25) is 4.47 Å². The first-order chi connectivity index (χ1) is 6.15. The minimum Gasteiger partial charge on any atom is -0.349 e. The van der Waals surface area contributed by atoms with Crippen molar-refractivity contribution >= 4 is 44.8 Å². The highest BCUT2D eigenvalue weighted by atomic mass is 79.9. The second kappa shape index (κ2) is 4.90. The Morgan fingerprint density at radius 2 is 2.46 bits per heavy atom. The Balaban J connectivity index is 2.70. The molecule has 0 spiro atoms. The molecule has 0 bridgehead atoms. The average Bonchev–Trinajstić information content (AvgIpc) is 2.41. The molecule has 0 fully saturated rings. The number of nitrogens with one attached hydrogen (secondary N) is 1. The molecule has 4 nitrogen and oxygen atoms in total. The fraction of sp³-hybridized carbons (Fsp3) is 0.333. The van der Waals surface area contributed by atoms with E-state index in [0.29, 0.717) is 27.0 Å². The highest BCUT2D eigenvalue weighted by molar-refractivity contribution is 9.11. The van der Waals surface area contributed by atoms with Crippen molar-refractivity contribution in [3.05, 3.63) is 13.9 Å². The number of nitrogens with zero attached hydrogens (tertiary/aromatic N) is 1. The van der Waals surface area contributed by atoms with Crippen LogP contribution < -0.4 is 11.1 Å². The van der Waals surface area contributed by atoms with Gasteiger partial charge in [-0.1, -0.05) is 22.9 Å². The number of rotatable bonds is 3. The molecule has 0 atom stereocenters. The van der Waals surface area contributed by atoms with E-state index in [9.17, 15) is 4.79 Å². The summed E-state index contributed by atoms with van der Waals surface area (Å²) in [6.45, 7) is 0.835. The molecule has 1 aromatic rings. The van der Waals surface area contributed by atoms with Crippen LogP contribution in [0.15, 0.2) is 3.79 Å². The number of carbonyl (C=O) groups excluding carboxylic acids is 1. The fourth-order valence-corrected chi connectivity index (χ4v) is 2.53. The molecule has 1 aromatic heterocycles. The van der Waals surface area contributed by atoms with Crippen molar-refractivity contribution in [2.45, 2.75) is 0 Å². The van der Waals surface area contributed by atoms with Crippen molar-refractivity contribution in [2.75, 3.05) is 13.1 Å². The molecule has 1 rings (SSSR count). The van der Waals surface area contributed by atoms with Crippen molar-refractivity contribution in [3.8, 4) is 0 Å². The lowest BCUT2D eigenvalue weighted by molar-refractivity contribution is 0.0950. The molecular weight excluding hydrogens is 278 g/mol. The second-order valence-corrected chi connectivity index (χ2v) is 5.03. The standard InChI is InChI=1S/C6H7BrClN3OS/c7-4-3(11-6(8)13-4)5(12)10-2-1-9/h1-2,9H2,(H,10,12). The van der Waals surface area contributed by atoms with Gasteiger partial charge in [0.05, 0.1) is 0 Å². The van der Waals surface area contributed by atoms with Gasteiger partial charge in [0.2, 0.25) is 0 Å². The summed E-state index contributed by atoms with van der Waals surface area (Å²) in [5.41, 5.74) is 5.54. The molecule has 3 N–H and O–H groups in total. The van der Waals surface area contributed by atoms with Crippen molar-refractivity contribution in [1.82, 2.24) is 10.3 Å². The molecule has 0 radical (unpaired) electrons. The van der Waals surface area contributed by atoms with E-state index in [1.807, 2.05) is 0 Å². The molecule has 13 heavy (non-hydrogen) atoms. The van der Waals surface area contributed by atoms with Crippen LogP contribution in [-0.4, -0.2) is 24.0 Å². The van der Waals surface area contributed by atoms with Crippen LogP contribution in [0, 0.1) is 0 Å². The summed E-state index contributed by atoms with van der Waals surface area (Å²) in [7, 11) is 0. The lowest BCUT2D eigenvalue weighted by Crippen LogP contribution is -2.29. The summed E-state index contributed by atoms with van der Waals surface area (Å²) in [5.74, 6) is -0.263. The Labute approximate surface area is 92.6 Å². The molecule has 0 aromatic carbocycles. The zero-order valence-corrected chi connectivity index (χ0v) is 9.67. The quantitative estimate of drug-likeness (QED) is 0.878. The molecule has 7 heteroatoms. The maximum Gasteiger partial charge on any atom is 0.272 e. The third-order valence-electron chi connectivity index (χ3n) is 1.20. The number of nitrogens with two attached hydrogens (primary N) is 1. The minimum atomic E-state index is -0.263. The Morgan fingerprint density at radius 3 is 2.92 bits per heavy atom. The van der Waals surface area contributed by atoms with Gasteiger partial charge in [-0.25, -0.2) is 4.98 Å². The van der Waals surface area contributed by atoms with Gasteiger partial charge < -0.3 is 11.1 Å². The molecule has 1 heterocycles. The van der Waals surface area contributed by atoms with E-state index in [-0.39, 0.29) is 5.91 Å². The first-order valence-corrected chi connectivity index (χ1v) is 5.44. The highest BCUT2D eigenvalue weighted by Crippen LogP contribution is 2.27. The number of hydrogen-bond donors (Lipinski definition) is 2. The Kier molecular flexibility index (Phi) is 4.11. The van der Waals surface area contributed by atoms with Crippen LogP contribution in [0.1, 0.15) is 10.5 Å². The van der Waals surface area contributed by atoms with Crippen LogP contribution in [-0.2, 0) is 0 Å². The van der Waals surface area contributed by atoms with E-state index in [0.717, 1.165) is 0 Å². The molecular formula is C6H7BrClN3OS. The molecule has 0 aliphatic rings. The maximum atomic E-state index is 11.3. The predicted molar refractivity (Wildman–Crippen MR) is 56.2 cm³/mol. The van der Waals surface area contributed by atoms with Crippen LogP contribution >= 0.6 is 38.9 Å². The predicted octanol–water partition coefficient (Wildman–Crippen LogP) is 1.25. The first kappa shape index (κ1) is 10.9. The zero-order chi connectivity index (χ0) is 9.84. The summed E-state index contributed by atoms with van der Waals surface area (Å²) in [6.07, 6.45) is 0. The SMILES string of the molecule is NCCNC(=O)c1nc(Cl)sc1Br. The lowest BCUT2D eigenvalue weighted by Gasteiger charge is -1.99. The van der Waals surface area contributed by atoms with E-state index in [1.54, 1.807) is 0 Å². The van der Waals surface area contributed by atoms with Crippen LogP contribution in [0.3, 0.4) is 0 Å². The minimum absolute atomic E-state index is 0.263. The van der Waals surface area contributed by atoms with E-state index >= 15 is 0 Å². The topological polar surface area (TPSA) is 68.0 Å². The highest BCUT2D eigenvalue weighted by Gasteiger charge is 2.14. The van der Waals surface area contributed by atoms with Gasteiger partial charge in [0.25, 0.3) is 5.91 Å². The first-order valence-electron chi connectivity index (χ1n) is 3.45. The summed E-state index contributed by atoms with van der Waals surface area (Å²) < 4.78 is 0.969. The number of halogens is 2. The monoisotopic (exact) mass is 283 g/mol. The van der Waals surface area contributed by atoms with Gasteiger partial charge in [-0.05, 0) is 15.9 Å². The van der Waals surface area contributed by atoms with Gasteiger partial charge in [0, 0.05) is 13.1 Å². The van der Waals surface area contributed by atoms with Crippen molar-refractivity contribution < 1.29 is 4.79 Å². The number of carbonyl (C=O) groups is 1.